The molecule has 0 aliphatic carbocycles. The van der Waals surface area contributed by atoms with E-state index in [0.717, 1.165) is 15.8 Å². The normalized spacial score (nSPS) is 19.1. The van der Waals surface area contributed by atoms with E-state index in [0.29, 0.717) is 51.0 Å². The molecule has 5 rings (SSSR count). The predicted octanol–water partition coefficient (Wildman–Crippen LogP) is 5.87. The van der Waals surface area contributed by atoms with Crippen LogP contribution in [-0.4, -0.2) is 81.7 Å². The minimum atomic E-state index is -5.15. The molecule has 2 aliphatic rings. The van der Waals surface area contributed by atoms with Crippen LogP contribution in [0.3, 0.4) is 0 Å². The van der Waals surface area contributed by atoms with E-state index < -0.39 is 65.6 Å². The van der Waals surface area contributed by atoms with Crippen LogP contribution in [0.15, 0.2) is 30.3 Å². The third-order valence-corrected chi connectivity index (χ3v) is 8.16. The van der Waals surface area contributed by atoms with E-state index in [4.69, 9.17) is 9.47 Å². The van der Waals surface area contributed by atoms with Crippen LogP contribution in [-0.2, 0) is 41.6 Å². The van der Waals surface area contributed by atoms with Gasteiger partial charge in [-0.05, 0) is 54.0 Å². The summed E-state index contributed by atoms with van der Waals surface area (Å²) in [5, 5.41) is 11.7. The van der Waals surface area contributed by atoms with Gasteiger partial charge < -0.3 is 14.4 Å². The maximum absolute atomic E-state index is 14.0. The minimum Gasteiger partial charge on any atom is -0.448 e. The number of alkyl halides is 9. The number of aryl methyl sites for hydroxylation is 1. The van der Waals surface area contributed by atoms with E-state index in [2.05, 4.69) is 20.4 Å². The summed E-state index contributed by atoms with van der Waals surface area (Å²) >= 11 is 0. The van der Waals surface area contributed by atoms with Crippen molar-refractivity contribution < 1.29 is 53.8 Å². The molecule has 0 N–H and O–H groups in total. The molecule has 3 aromatic rings. The SMILES string of the molecule is CCC1CC(N(Cc2cc(C(F)(F)F)cc(C(F)(F)F)c2)c2nnn(C)n2)c2nc(C(F)(F)F)ccc2N1C(=O)OCCN1CCOCC1. The molecular weight excluding hydrogens is 679 g/mol. The highest BCUT2D eigenvalue weighted by Crippen LogP contribution is 2.44. The van der Waals surface area contributed by atoms with Crippen LogP contribution in [0.2, 0.25) is 0 Å². The Morgan fingerprint density at radius 3 is 2.18 bits per heavy atom. The number of hydrogen-bond acceptors (Lipinski definition) is 9. The van der Waals surface area contributed by atoms with Crippen molar-refractivity contribution in [3.8, 4) is 0 Å². The van der Waals surface area contributed by atoms with Crippen LogP contribution in [0.5, 0.6) is 0 Å². The summed E-state index contributed by atoms with van der Waals surface area (Å²) in [4.78, 5) is 22.6. The van der Waals surface area contributed by atoms with Crippen LogP contribution in [0.4, 0.5) is 55.9 Å². The van der Waals surface area contributed by atoms with Crippen molar-refractivity contribution in [2.75, 3.05) is 49.3 Å². The molecule has 0 bridgehead atoms. The summed E-state index contributed by atoms with van der Waals surface area (Å²) in [6.07, 6.45) is -16.0. The Morgan fingerprint density at radius 2 is 1.63 bits per heavy atom. The van der Waals surface area contributed by atoms with Gasteiger partial charge in [0, 0.05) is 32.2 Å². The topological polar surface area (TPSA) is 102 Å². The number of nitrogens with zero attached hydrogens (tertiary/aromatic N) is 8. The van der Waals surface area contributed by atoms with E-state index in [-0.39, 0.29) is 42.8 Å². The molecule has 1 amide bonds. The number of hydrogen-bond donors (Lipinski definition) is 0. The van der Waals surface area contributed by atoms with Crippen molar-refractivity contribution in [3.05, 3.63) is 58.4 Å². The average molecular weight is 711 g/mol. The zero-order chi connectivity index (χ0) is 35.7. The van der Waals surface area contributed by atoms with Gasteiger partial charge in [0.15, 0.2) is 0 Å². The smallest absolute Gasteiger partial charge is 0.433 e. The van der Waals surface area contributed by atoms with Gasteiger partial charge in [-0.1, -0.05) is 12.0 Å². The van der Waals surface area contributed by atoms with Gasteiger partial charge in [-0.2, -0.15) is 44.3 Å². The molecule has 1 saturated heterocycles. The fraction of sp³-hybridized carbons (Fsp3) is 0.552. The fourth-order valence-electron chi connectivity index (χ4n) is 5.79. The highest BCUT2D eigenvalue weighted by Gasteiger charge is 2.44. The van der Waals surface area contributed by atoms with Crippen molar-refractivity contribution in [1.82, 2.24) is 30.1 Å². The standard InChI is InChI=1S/C29H31F9N8O3/c1-3-20-15-22(45(25-40-42-43(2)41-25)16-17-12-18(27(30,31)32)14-19(13-17)28(33,34)35)24-21(4-5-23(39-24)29(36,37)38)46(20)26(47)49-11-8-44-6-9-48-10-7-44/h4-5,12-14,20,22H,3,6-11,15-16H2,1-2H3. The molecule has 2 aliphatic heterocycles. The van der Waals surface area contributed by atoms with E-state index in [1.165, 1.54) is 11.9 Å². The number of amides is 1. The summed E-state index contributed by atoms with van der Waals surface area (Å²) in [6.45, 7) is 3.58. The first-order valence-corrected chi connectivity index (χ1v) is 15.1. The molecule has 2 atom stereocenters. The van der Waals surface area contributed by atoms with Gasteiger partial charge in [-0.3, -0.25) is 9.80 Å². The molecule has 2 aromatic heterocycles. The number of anilines is 2. The van der Waals surface area contributed by atoms with Crippen molar-refractivity contribution in [2.45, 2.75) is 56.9 Å². The van der Waals surface area contributed by atoms with Crippen molar-refractivity contribution in [3.63, 3.8) is 0 Å². The molecule has 4 heterocycles. The second-order valence-electron chi connectivity index (χ2n) is 11.5. The second kappa shape index (κ2) is 14.0. The maximum Gasteiger partial charge on any atom is 0.433 e. The fourth-order valence-corrected chi connectivity index (χ4v) is 5.79. The van der Waals surface area contributed by atoms with Gasteiger partial charge in [-0.25, -0.2) is 9.78 Å². The number of fused-ring (bicyclic) bond motifs is 1. The average Bonchev–Trinajstić information content (AvgIpc) is 3.47. The number of carbonyl (C=O) groups is 1. The lowest BCUT2D eigenvalue weighted by Gasteiger charge is -2.43. The highest BCUT2D eigenvalue weighted by molar-refractivity contribution is 5.90. The number of pyridine rings is 1. The first-order chi connectivity index (χ1) is 23.0. The number of halogens is 9. The Balaban J connectivity index is 1.58. The lowest BCUT2D eigenvalue weighted by atomic mass is 9.91. The number of rotatable bonds is 8. The van der Waals surface area contributed by atoms with E-state index in [1.54, 1.807) is 6.92 Å². The van der Waals surface area contributed by atoms with Crippen LogP contribution in [0.25, 0.3) is 0 Å². The Labute approximate surface area is 273 Å². The van der Waals surface area contributed by atoms with Crippen molar-refractivity contribution in [2.24, 2.45) is 7.05 Å². The third-order valence-electron chi connectivity index (χ3n) is 8.16. The molecule has 20 heteroatoms. The van der Waals surface area contributed by atoms with Crippen molar-refractivity contribution >= 4 is 17.7 Å². The summed E-state index contributed by atoms with van der Waals surface area (Å²) < 4.78 is 135. The van der Waals surface area contributed by atoms with E-state index in [1.807, 2.05) is 4.90 Å². The lowest BCUT2D eigenvalue weighted by molar-refractivity contribution is -0.143. The highest BCUT2D eigenvalue weighted by atomic mass is 19.4. The summed E-state index contributed by atoms with van der Waals surface area (Å²) in [7, 11) is 1.35. The summed E-state index contributed by atoms with van der Waals surface area (Å²) in [6, 6.07) is 0.685. The van der Waals surface area contributed by atoms with Crippen LogP contribution < -0.4 is 9.80 Å². The molecule has 2 unspecified atom stereocenters. The summed E-state index contributed by atoms with van der Waals surface area (Å²) in [5.41, 5.74) is -5.40. The quantitative estimate of drug-likeness (QED) is 0.266. The zero-order valence-electron chi connectivity index (χ0n) is 26.1. The van der Waals surface area contributed by atoms with Gasteiger partial charge in [0.1, 0.15) is 12.3 Å². The number of carbonyl (C=O) groups excluding carboxylic acids is 1. The Bertz CT molecular complexity index is 1590. The van der Waals surface area contributed by atoms with Gasteiger partial charge in [0.2, 0.25) is 0 Å². The van der Waals surface area contributed by atoms with Crippen LogP contribution in [0.1, 0.15) is 53.9 Å². The van der Waals surface area contributed by atoms with Crippen LogP contribution in [0, 0.1) is 0 Å². The number of tetrazole rings is 1. The Hall–Kier alpha value is -4.20. The third kappa shape index (κ3) is 8.34. The monoisotopic (exact) mass is 710 g/mol. The summed E-state index contributed by atoms with van der Waals surface area (Å²) in [5.74, 6) is -0.306. The molecule has 0 spiro atoms. The lowest BCUT2D eigenvalue weighted by Crippen LogP contribution is -2.49. The molecule has 0 saturated carbocycles. The largest absolute Gasteiger partial charge is 0.448 e. The molecule has 49 heavy (non-hydrogen) atoms. The van der Waals surface area contributed by atoms with Gasteiger partial charge in [-0.15, -0.1) is 5.10 Å². The second-order valence-corrected chi connectivity index (χ2v) is 11.5. The predicted molar refractivity (Wildman–Crippen MR) is 153 cm³/mol. The van der Waals surface area contributed by atoms with Gasteiger partial charge >= 0.3 is 24.6 Å². The first kappa shape index (κ1) is 36.1. The minimum absolute atomic E-state index is 0.0306. The molecular formula is C29H31F9N8O3. The van der Waals surface area contributed by atoms with Crippen molar-refractivity contribution in [1.29, 1.82) is 0 Å². The number of aromatic nitrogens is 5. The molecule has 268 valence electrons. The van der Waals surface area contributed by atoms with Gasteiger partial charge in [0.25, 0.3) is 5.95 Å². The van der Waals surface area contributed by atoms with Crippen LogP contribution >= 0.6 is 0 Å². The zero-order valence-corrected chi connectivity index (χ0v) is 26.1. The number of morpholine rings is 1. The first-order valence-electron chi connectivity index (χ1n) is 15.1. The molecule has 0 radical (unpaired) electrons. The Kier molecular flexibility index (Phi) is 10.3. The molecule has 11 nitrogen and oxygen atoms in total. The Morgan fingerprint density at radius 1 is 0.980 bits per heavy atom. The van der Waals surface area contributed by atoms with E-state index >= 15 is 0 Å². The van der Waals surface area contributed by atoms with E-state index in [9.17, 15) is 44.3 Å². The molecule has 1 aromatic carbocycles. The maximum atomic E-state index is 14.0. The number of ether oxygens (including phenoxy) is 2. The molecule has 1 fully saturated rings. The van der Waals surface area contributed by atoms with Gasteiger partial charge in [0.05, 0.1) is 48.8 Å². The number of benzene rings is 1.